The molecule has 1 heteroatoms. The van der Waals surface area contributed by atoms with Crippen LogP contribution in [0.3, 0.4) is 0 Å². The third-order valence-electron chi connectivity index (χ3n) is 2.14. The molecule has 2 rings (SSSR count). The van der Waals surface area contributed by atoms with Crippen molar-refractivity contribution in [2.24, 2.45) is 0 Å². The van der Waals surface area contributed by atoms with Crippen LogP contribution in [0.5, 0.6) is 0 Å². The van der Waals surface area contributed by atoms with E-state index in [1.807, 2.05) is 13.8 Å². The Morgan fingerprint density at radius 1 is 1.07 bits per heavy atom. The van der Waals surface area contributed by atoms with Gasteiger partial charge in [0, 0.05) is 18.3 Å². The first-order valence-corrected chi connectivity index (χ1v) is 5.45. The fourth-order valence-corrected chi connectivity index (χ4v) is 1.58. The van der Waals surface area contributed by atoms with Gasteiger partial charge in [-0.2, -0.15) is 0 Å². The van der Waals surface area contributed by atoms with Crippen LogP contribution in [-0.2, 0) is 6.54 Å². The molecule has 14 heavy (non-hydrogen) atoms. The summed E-state index contributed by atoms with van der Waals surface area (Å²) in [5, 5.41) is 1.34. The highest BCUT2D eigenvalue weighted by Crippen LogP contribution is 2.14. The van der Waals surface area contributed by atoms with Gasteiger partial charge < -0.3 is 4.57 Å². The minimum atomic E-state index is 1.12. The summed E-state index contributed by atoms with van der Waals surface area (Å²) >= 11 is 0. The highest BCUT2D eigenvalue weighted by Gasteiger charge is 1.96. The Balaban J connectivity index is 0.000000461. The second-order valence-corrected chi connectivity index (χ2v) is 3.07. The number of hydrogen-bond acceptors (Lipinski definition) is 0. The molecule has 0 aliphatic heterocycles. The maximum Gasteiger partial charge on any atom is 0.0480 e. The van der Waals surface area contributed by atoms with Crippen molar-refractivity contribution in [2.75, 3.05) is 0 Å². The van der Waals surface area contributed by atoms with Crippen molar-refractivity contribution < 1.29 is 0 Å². The Bertz CT molecular complexity index is 373. The molecule has 1 heterocycles. The van der Waals surface area contributed by atoms with Crippen LogP contribution in [0.15, 0.2) is 36.5 Å². The van der Waals surface area contributed by atoms with Gasteiger partial charge in [-0.25, -0.2) is 0 Å². The monoisotopic (exact) mass is 189 g/mol. The number of benzene rings is 1. The lowest BCUT2D eigenvalue weighted by Crippen LogP contribution is -1.92. The molecule has 0 radical (unpaired) electrons. The Hall–Kier alpha value is -1.24. The molecule has 0 N–H and O–H groups in total. The molecular weight excluding hydrogens is 170 g/mol. The maximum absolute atomic E-state index is 2.30. The number of fused-ring (bicyclic) bond motifs is 1. The molecule has 0 unspecified atom stereocenters. The van der Waals surface area contributed by atoms with Crippen LogP contribution >= 0.6 is 0 Å². The molecule has 0 aliphatic carbocycles. The molecular formula is C13H19N. The average molecular weight is 189 g/mol. The van der Waals surface area contributed by atoms with Gasteiger partial charge in [0.1, 0.15) is 0 Å². The molecule has 0 spiro atoms. The van der Waals surface area contributed by atoms with E-state index in [1.54, 1.807) is 0 Å². The van der Waals surface area contributed by atoms with Gasteiger partial charge in [0.05, 0.1) is 0 Å². The summed E-state index contributed by atoms with van der Waals surface area (Å²) in [6, 6.07) is 10.7. The zero-order valence-electron chi connectivity index (χ0n) is 9.33. The summed E-state index contributed by atoms with van der Waals surface area (Å²) in [6.07, 6.45) is 3.35. The summed E-state index contributed by atoms with van der Waals surface area (Å²) < 4.78 is 2.30. The minimum Gasteiger partial charge on any atom is -0.347 e. The van der Waals surface area contributed by atoms with Gasteiger partial charge in [-0.3, -0.25) is 0 Å². The first-order chi connectivity index (χ1) is 6.92. The lowest BCUT2D eigenvalue weighted by Gasteiger charge is -2.01. The van der Waals surface area contributed by atoms with E-state index < -0.39 is 0 Å². The predicted octanol–water partition coefficient (Wildman–Crippen LogP) is 4.08. The Morgan fingerprint density at radius 3 is 2.50 bits per heavy atom. The van der Waals surface area contributed by atoms with Crippen LogP contribution in [0.1, 0.15) is 27.2 Å². The van der Waals surface area contributed by atoms with Crippen molar-refractivity contribution in [3.05, 3.63) is 36.5 Å². The van der Waals surface area contributed by atoms with E-state index in [4.69, 9.17) is 0 Å². The molecule has 2 aromatic rings. The summed E-state index contributed by atoms with van der Waals surface area (Å²) in [5.41, 5.74) is 1.35. The van der Waals surface area contributed by atoms with Crippen molar-refractivity contribution in [3.63, 3.8) is 0 Å². The highest BCUT2D eigenvalue weighted by atomic mass is 14.9. The molecule has 1 nitrogen and oxygen atoms in total. The second-order valence-electron chi connectivity index (χ2n) is 3.07. The van der Waals surface area contributed by atoms with Crippen LogP contribution in [-0.4, -0.2) is 4.57 Å². The summed E-state index contributed by atoms with van der Waals surface area (Å²) in [4.78, 5) is 0. The van der Waals surface area contributed by atoms with Crippen molar-refractivity contribution in [1.29, 1.82) is 0 Å². The number of rotatable bonds is 2. The largest absolute Gasteiger partial charge is 0.347 e. The van der Waals surface area contributed by atoms with Crippen molar-refractivity contribution in [1.82, 2.24) is 4.57 Å². The molecule has 0 saturated heterocycles. The molecule has 1 aromatic carbocycles. The van der Waals surface area contributed by atoms with E-state index >= 15 is 0 Å². The second kappa shape index (κ2) is 5.48. The molecule has 0 aliphatic rings. The van der Waals surface area contributed by atoms with E-state index in [0.29, 0.717) is 0 Å². The number of aromatic nitrogens is 1. The number of nitrogens with zero attached hydrogens (tertiary/aromatic N) is 1. The first-order valence-electron chi connectivity index (χ1n) is 5.45. The van der Waals surface area contributed by atoms with Gasteiger partial charge in [-0.15, -0.1) is 0 Å². The highest BCUT2D eigenvalue weighted by molar-refractivity contribution is 5.79. The van der Waals surface area contributed by atoms with Gasteiger partial charge >= 0.3 is 0 Å². The molecule has 0 atom stereocenters. The minimum absolute atomic E-state index is 1.12. The first kappa shape index (κ1) is 10.8. The average Bonchev–Trinajstić information content (AvgIpc) is 2.66. The zero-order valence-corrected chi connectivity index (χ0v) is 9.33. The fraction of sp³-hybridized carbons (Fsp3) is 0.385. The van der Waals surface area contributed by atoms with Gasteiger partial charge in [-0.1, -0.05) is 39.0 Å². The van der Waals surface area contributed by atoms with E-state index in [0.717, 1.165) is 6.54 Å². The van der Waals surface area contributed by atoms with E-state index in [1.165, 1.54) is 17.3 Å². The van der Waals surface area contributed by atoms with E-state index in [-0.39, 0.29) is 0 Å². The van der Waals surface area contributed by atoms with Gasteiger partial charge in [-0.05, 0) is 23.9 Å². The molecule has 0 saturated carbocycles. The smallest absolute Gasteiger partial charge is 0.0480 e. The molecule has 0 bridgehead atoms. The summed E-state index contributed by atoms with van der Waals surface area (Å²) in [6.45, 7) is 7.32. The Labute approximate surface area is 86.4 Å². The quantitative estimate of drug-likeness (QED) is 0.671. The fourth-order valence-electron chi connectivity index (χ4n) is 1.58. The molecule has 76 valence electrons. The van der Waals surface area contributed by atoms with Gasteiger partial charge in [0.2, 0.25) is 0 Å². The Kier molecular flexibility index (Phi) is 4.24. The topological polar surface area (TPSA) is 4.93 Å². The number of aryl methyl sites for hydroxylation is 1. The van der Waals surface area contributed by atoms with Crippen molar-refractivity contribution in [2.45, 2.75) is 33.7 Å². The SMILES string of the molecule is CC.CCCn1ccc2ccccc21. The summed E-state index contributed by atoms with van der Waals surface area (Å²) in [7, 11) is 0. The number of para-hydroxylation sites is 1. The third kappa shape index (κ3) is 2.16. The van der Waals surface area contributed by atoms with Gasteiger partial charge in [0.25, 0.3) is 0 Å². The van der Waals surface area contributed by atoms with Crippen LogP contribution < -0.4 is 0 Å². The van der Waals surface area contributed by atoms with Crippen LogP contribution in [0.25, 0.3) is 10.9 Å². The normalized spacial score (nSPS) is 9.64. The van der Waals surface area contributed by atoms with E-state index in [2.05, 4.69) is 48.0 Å². The molecule has 0 amide bonds. The third-order valence-corrected chi connectivity index (χ3v) is 2.14. The lowest BCUT2D eigenvalue weighted by atomic mass is 10.2. The Morgan fingerprint density at radius 2 is 1.79 bits per heavy atom. The van der Waals surface area contributed by atoms with Gasteiger partial charge in [0.15, 0.2) is 0 Å². The van der Waals surface area contributed by atoms with Crippen LogP contribution in [0.4, 0.5) is 0 Å². The molecule has 1 aromatic heterocycles. The predicted molar refractivity (Wildman–Crippen MR) is 63.6 cm³/mol. The summed E-state index contributed by atoms with van der Waals surface area (Å²) in [5.74, 6) is 0. The van der Waals surface area contributed by atoms with Crippen LogP contribution in [0.2, 0.25) is 0 Å². The van der Waals surface area contributed by atoms with Crippen LogP contribution in [0, 0.1) is 0 Å². The maximum atomic E-state index is 2.30. The standard InChI is InChI=1S/C11H13N.C2H6/c1-2-8-12-9-7-10-5-3-4-6-11(10)12;1-2/h3-7,9H,2,8H2,1H3;1-2H3. The lowest BCUT2D eigenvalue weighted by molar-refractivity contribution is 0.703. The molecule has 0 fully saturated rings. The zero-order chi connectivity index (χ0) is 10.4. The van der Waals surface area contributed by atoms with Crippen molar-refractivity contribution >= 4 is 10.9 Å². The van der Waals surface area contributed by atoms with Crippen molar-refractivity contribution in [3.8, 4) is 0 Å². The number of hydrogen-bond donors (Lipinski definition) is 0. The van der Waals surface area contributed by atoms with E-state index in [9.17, 15) is 0 Å².